The van der Waals surface area contributed by atoms with E-state index in [1.807, 2.05) is 18.2 Å². The molecule has 2 aromatic carbocycles. The van der Waals surface area contributed by atoms with E-state index >= 15 is 0 Å². The number of hydrogen-bond acceptors (Lipinski definition) is 3. The number of guanidine groups is 1. The fourth-order valence-electron chi connectivity index (χ4n) is 3.68. The Morgan fingerprint density at radius 3 is 2.63 bits per heavy atom. The Hall–Kier alpha value is -3.02. The second-order valence-electron chi connectivity index (χ2n) is 7.79. The average Bonchev–Trinajstić information content (AvgIpc) is 2.77. The van der Waals surface area contributed by atoms with Gasteiger partial charge in [0.25, 0.3) is 0 Å². The van der Waals surface area contributed by atoms with Crippen molar-refractivity contribution in [3.63, 3.8) is 0 Å². The number of hydrogen-bond donors (Lipinski definition) is 2. The normalized spacial score (nSPS) is 15.8. The predicted octanol–water partition coefficient (Wildman–Crippen LogP) is 2.42. The van der Waals surface area contributed by atoms with Crippen molar-refractivity contribution in [3.8, 4) is 5.75 Å². The summed E-state index contributed by atoms with van der Waals surface area (Å²) in [4.78, 5) is 18.1. The molecular formula is C24H32N4O2. The minimum atomic E-state index is -0.0187. The van der Waals surface area contributed by atoms with E-state index in [0.29, 0.717) is 18.5 Å². The number of carbonyl (C=O) groups excluding carboxylic acids is 1. The van der Waals surface area contributed by atoms with Gasteiger partial charge in [0.15, 0.2) is 5.96 Å². The van der Waals surface area contributed by atoms with Crippen molar-refractivity contribution in [3.05, 3.63) is 65.2 Å². The number of carbonyl (C=O) groups is 1. The SMILES string of the molecule is COc1ccccc1CCNC(=NCC(=O)N(C)C)NC1CCc2ccccc2C1. The number of nitrogens with one attached hydrogen (secondary N) is 2. The van der Waals surface area contributed by atoms with E-state index in [2.05, 4.69) is 46.0 Å². The quantitative estimate of drug-likeness (QED) is 0.546. The first kappa shape index (κ1) is 21.7. The van der Waals surface area contributed by atoms with Crippen LogP contribution >= 0.6 is 0 Å². The molecule has 1 aliphatic carbocycles. The first-order valence-electron chi connectivity index (χ1n) is 10.5. The number of likely N-dealkylation sites (N-methyl/N-ethyl adjacent to an activating group) is 1. The molecule has 30 heavy (non-hydrogen) atoms. The second kappa shape index (κ2) is 10.7. The molecule has 0 radical (unpaired) electrons. The van der Waals surface area contributed by atoms with Crippen molar-refractivity contribution < 1.29 is 9.53 Å². The molecule has 160 valence electrons. The second-order valence-corrected chi connectivity index (χ2v) is 7.79. The summed E-state index contributed by atoms with van der Waals surface area (Å²) >= 11 is 0. The summed E-state index contributed by atoms with van der Waals surface area (Å²) in [5.41, 5.74) is 3.96. The topological polar surface area (TPSA) is 66.0 Å². The fraction of sp³-hybridized carbons (Fsp3) is 0.417. The van der Waals surface area contributed by atoms with Crippen LogP contribution < -0.4 is 15.4 Å². The number of fused-ring (bicyclic) bond motifs is 1. The zero-order valence-electron chi connectivity index (χ0n) is 18.1. The van der Waals surface area contributed by atoms with Crippen LogP contribution in [0.25, 0.3) is 0 Å². The molecule has 0 saturated carbocycles. The van der Waals surface area contributed by atoms with Crippen LogP contribution in [0.15, 0.2) is 53.5 Å². The molecule has 2 N–H and O–H groups in total. The van der Waals surface area contributed by atoms with E-state index < -0.39 is 0 Å². The number of para-hydroxylation sites is 1. The molecule has 6 heteroatoms. The number of aryl methyl sites for hydroxylation is 1. The summed E-state index contributed by atoms with van der Waals surface area (Å²) in [5.74, 6) is 1.55. The van der Waals surface area contributed by atoms with Gasteiger partial charge in [-0.15, -0.1) is 0 Å². The monoisotopic (exact) mass is 408 g/mol. The lowest BCUT2D eigenvalue weighted by molar-refractivity contribution is -0.127. The molecule has 0 spiro atoms. The number of benzene rings is 2. The van der Waals surface area contributed by atoms with Gasteiger partial charge in [0, 0.05) is 26.7 Å². The van der Waals surface area contributed by atoms with E-state index in [-0.39, 0.29) is 12.5 Å². The van der Waals surface area contributed by atoms with Crippen LogP contribution in [0.3, 0.4) is 0 Å². The highest BCUT2D eigenvalue weighted by Gasteiger charge is 2.19. The maximum absolute atomic E-state index is 12.0. The number of methoxy groups -OCH3 is 1. The highest BCUT2D eigenvalue weighted by molar-refractivity contribution is 5.85. The van der Waals surface area contributed by atoms with E-state index in [1.54, 1.807) is 26.1 Å². The van der Waals surface area contributed by atoms with Gasteiger partial charge in [-0.25, -0.2) is 4.99 Å². The third-order valence-electron chi connectivity index (χ3n) is 5.44. The molecule has 0 aliphatic heterocycles. The summed E-state index contributed by atoms with van der Waals surface area (Å²) < 4.78 is 5.44. The average molecular weight is 409 g/mol. The lowest BCUT2D eigenvalue weighted by atomic mass is 9.88. The fourth-order valence-corrected chi connectivity index (χ4v) is 3.68. The zero-order valence-corrected chi connectivity index (χ0v) is 18.1. The van der Waals surface area contributed by atoms with Gasteiger partial charge in [-0.3, -0.25) is 4.79 Å². The Balaban J connectivity index is 1.63. The van der Waals surface area contributed by atoms with Crippen molar-refractivity contribution in [1.82, 2.24) is 15.5 Å². The number of aliphatic imine (C=N–C) groups is 1. The van der Waals surface area contributed by atoms with Crippen LogP contribution in [-0.2, 0) is 24.1 Å². The summed E-state index contributed by atoms with van der Waals surface area (Å²) in [6.45, 7) is 0.825. The molecule has 1 amide bonds. The van der Waals surface area contributed by atoms with Crippen LogP contribution in [-0.4, -0.2) is 57.1 Å². The van der Waals surface area contributed by atoms with Crippen molar-refractivity contribution >= 4 is 11.9 Å². The van der Waals surface area contributed by atoms with Gasteiger partial charge in [0.05, 0.1) is 7.11 Å². The molecule has 0 fully saturated rings. The van der Waals surface area contributed by atoms with E-state index in [4.69, 9.17) is 4.74 Å². The number of nitrogens with zero attached hydrogens (tertiary/aromatic N) is 2. The van der Waals surface area contributed by atoms with Gasteiger partial charge in [-0.05, 0) is 48.4 Å². The van der Waals surface area contributed by atoms with Crippen LogP contribution in [0.2, 0.25) is 0 Å². The lowest BCUT2D eigenvalue weighted by Gasteiger charge is -2.27. The molecule has 0 saturated heterocycles. The van der Waals surface area contributed by atoms with Gasteiger partial charge < -0.3 is 20.3 Å². The molecule has 0 heterocycles. The molecule has 6 nitrogen and oxygen atoms in total. The smallest absolute Gasteiger partial charge is 0.243 e. The highest BCUT2D eigenvalue weighted by atomic mass is 16.5. The standard InChI is InChI=1S/C24H32N4O2/c1-28(2)23(29)17-26-24(25-15-14-19-9-6-7-11-22(19)30-3)27-21-13-12-18-8-4-5-10-20(18)16-21/h4-11,21H,12-17H2,1-3H3,(H2,25,26,27). The van der Waals surface area contributed by atoms with Crippen LogP contribution in [0.5, 0.6) is 5.75 Å². The third-order valence-corrected chi connectivity index (χ3v) is 5.44. The summed E-state index contributed by atoms with van der Waals surface area (Å²) in [6, 6.07) is 16.9. The maximum Gasteiger partial charge on any atom is 0.243 e. The molecule has 0 bridgehead atoms. The zero-order chi connectivity index (χ0) is 21.3. The third kappa shape index (κ3) is 5.99. The largest absolute Gasteiger partial charge is 0.496 e. The maximum atomic E-state index is 12.0. The Kier molecular flexibility index (Phi) is 7.71. The number of rotatable bonds is 7. The summed E-state index contributed by atoms with van der Waals surface area (Å²) in [6.07, 6.45) is 3.87. The van der Waals surface area contributed by atoms with Crippen LogP contribution in [0, 0.1) is 0 Å². The van der Waals surface area contributed by atoms with Crippen molar-refractivity contribution in [2.24, 2.45) is 4.99 Å². The Bertz CT molecular complexity index is 879. The van der Waals surface area contributed by atoms with Crippen molar-refractivity contribution in [2.75, 3.05) is 34.3 Å². The van der Waals surface area contributed by atoms with Crippen molar-refractivity contribution in [2.45, 2.75) is 31.7 Å². The minimum absolute atomic E-state index is 0.0187. The van der Waals surface area contributed by atoms with Crippen LogP contribution in [0.4, 0.5) is 0 Å². The number of amides is 1. The van der Waals surface area contributed by atoms with Gasteiger partial charge >= 0.3 is 0 Å². The van der Waals surface area contributed by atoms with E-state index in [9.17, 15) is 4.79 Å². The summed E-state index contributed by atoms with van der Waals surface area (Å²) in [5, 5.41) is 6.94. The predicted molar refractivity (Wildman–Crippen MR) is 121 cm³/mol. The van der Waals surface area contributed by atoms with Gasteiger partial charge in [-0.2, -0.15) is 0 Å². The molecule has 1 atom stereocenters. The van der Waals surface area contributed by atoms with Gasteiger partial charge in [-0.1, -0.05) is 42.5 Å². The lowest BCUT2D eigenvalue weighted by Crippen LogP contribution is -2.46. The number of ether oxygens (including phenoxy) is 1. The molecule has 0 aromatic heterocycles. The minimum Gasteiger partial charge on any atom is -0.496 e. The molecule has 2 aromatic rings. The molecule has 1 unspecified atom stereocenters. The van der Waals surface area contributed by atoms with Crippen molar-refractivity contribution in [1.29, 1.82) is 0 Å². The van der Waals surface area contributed by atoms with Gasteiger partial charge in [0.1, 0.15) is 12.3 Å². The molecular weight excluding hydrogens is 376 g/mol. The Morgan fingerprint density at radius 2 is 1.87 bits per heavy atom. The molecule has 3 rings (SSSR count). The Labute approximate surface area is 179 Å². The Morgan fingerprint density at radius 1 is 1.13 bits per heavy atom. The van der Waals surface area contributed by atoms with Crippen LogP contribution in [0.1, 0.15) is 23.1 Å². The van der Waals surface area contributed by atoms with Gasteiger partial charge in [0.2, 0.25) is 5.91 Å². The first-order valence-corrected chi connectivity index (χ1v) is 10.5. The van der Waals surface area contributed by atoms with E-state index in [1.165, 1.54) is 11.1 Å². The molecule has 1 aliphatic rings. The highest BCUT2D eigenvalue weighted by Crippen LogP contribution is 2.21. The summed E-state index contributed by atoms with van der Waals surface area (Å²) in [7, 11) is 5.19. The van der Waals surface area contributed by atoms with E-state index in [0.717, 1.165) is 37.0 Å². The first-order chi connectivity index (χ1) is 14.6.